The van der Waals surface area contributed by atoms with Crippen molar-refractivity contribution in [2.24, 2.45) is 11.5 Å². The van der Waals surface area contributed by atoms with E-state index < -0.39 is 0 Å². The molecule has 8 heteroatoms. The lowest BCUT2D eigenvalue weighted by Gasteiger charge is -1.93. The Morgan fingerprint density at radius 3 is 1.61 bits per heavy atom. The number of rotatable bonds is 4. The Morgan fingerprint density at radius 2 is 1.18 bits per heavy atom. The van der Waals surface area contributed by atoms with Gasteiger partial charge >= 0.3 is 0 Å². The van der Waals surface area contributed by atoms with E-state index >= 15 is 0 Å². The minimum atomic E-state index is 0. The highest BCUT2D eigenvalue weighted by Gasteiger charge is 2.05. The van der Waals surface area contributed by atoms with E-state index in [0.717, 1.165) is 22.5 Å². The van der Waals surface area contributed by atoms with Crippen LogP contribution in [0.3, 0.4) is 0 Å². The monoisotopic (exact) mass is 462 g/mol. The van der Waals surface area contributed by atoms with E-state index in [-0.39, 0.29) is 17.0 Å². The molecule has 0 bridgehead atoms. The van der Waals surface area contributed by atoms with Crippen LogP contribution in [0.1, 0.15) is 11.5 Å². The first-order valence-corrected chi connectivity index (χ1v) is 8.70. The maximum absolute atomic E-state index is 5.77. The molecule has 0 saturated carbocycles. The van der Waals surface area contributed by atoms with E-state index in [0.29, 0.717) is 29.6 Å². The average Bonchev–Trinajstić information content (AvgIpc) is 3.39. The van der Waals surface area contributed by atoms with Crippen molar-refractivity contribution in [2.75, 3.05) is 0 Å². The van der Waals surface area contributed by atoms with Gasteiger partial charge in [-0.05, 0) is 12.1 Å². The molecule has 0 saturated heterocycles. The highest BCUT2D eigenvalue weighted by Crippen LogP contribution is 2.21. The van der Waals surface area contributed by atoms with Gasteiger partial charge < -0.3 is 20.5 Å². The van der Waals surface area contributed by atoms with Gasteiger partial charge in [0.25, 0.3) is 0 Å². The Bertz CT molecular complexity index is 971. The lowest BCUT2D eigenvalue weighted by atomic mass is 10.1. The fourth-order valence-electron chi connectivity index (χ4n) is 2.32. The number of aromatic nitrogens is 2. The average molecular weight is 464 g/mol. The van der Waals surface area contributed by atoms with Gasteiger partial charge in [-0.25, -0.2) is 0 Å². The standard InChI is InChI=1S/C10H9ClN2O.C10H10N2O.BrH/c11-8-3-1-7(2-4-8)10-5-9(6-12)14-13-10;11-7-9-6-10(12-13-9)8-4-2-1-3-5-8;/h1-5H,6,12H2;1-6H,7,11H2;1H. The summed E-state index contributed by atoms with van der Waals surface area (Å²) < 4.78 is 9.98. The van der Waals surface area contributed by atoms with Crippen LogP contribution in [0.2, 0.25) is 5.02 Å². The van der Waals surface area contributed by atoms with Crippen LogP contribution in [0.4, 0.5) is 0 Å². The summed E-state index contributed by atoms with van der Waals surface area (Å²) in [7, 11) is 0. The SMILES string of the molecule is Br.NCc1cc(-c2ccc(Cl)cc2)no1.NCc1cc(-c2ccccc2)no1. The van der Waals surface area contributed by atoms with Crippen molar-refractivity contribution < 1.29 is 9.05 Å². The van der Waals surface area contributed by atoms with Crippen LogP contribution < -0.4 is 11.5 Å². The van der Waals surface area contributed by atoms with Crippen LogP contribution in [-0.4, -0.2) is 10.3 Å². The number of nitrogens with two attached hydrogens (primary N) is 2. The predicted molar refractivity (Wildman–Crippen MR) is 115 cm³/mol. The van der Waals surface area contributed by atoms with Crippen LogP contribution in [0.5, 0.6) is 0 Å². The number of halogens is 2. The molecule has 4 N–H and O–H groups in total. The minimum absolute atomic E-state index is 0. The first kappa shape index (κ1) is 21.8. The van der Waals surface area contributed by atoms with Gasteiger partial charge in [0.1, 0.15) is 11.4 Å². The first-order valence-electron chi connectivity index (χ1n) is 8.32. The molecule has 4 rings (SSSR count). The fraction of sp³-hybridized carbons (Fsp3) is 0.100. The van der Waals surface area contributed by atoms with Crippen LogP contribution in [0, 0.1) is 0 Å². The number of nitrogens with zero attached hydrogens (tertiary/aromatic N) is 2. The summed E-state index contributed by atoms with van der Waals surface area (Å²) in [5.74, 6) is 1.38. The fourth-order valence-corrected chi connectivity index (χ4v) is 2.45. The Labute approximate surface area is 178 Å². The Hall–Kier alpha value is -2.45. The zero-order valence-corrected chi connectivity index (χ0v) is 17.4. The summed E-state index contributed by atoms with van der Waals surface area (Å²) in [6.45, 7) is 0.750. The van der Waals surface area contributed by atoms with Crippen molar-refractivity contribution in [1.29, 1.82) is 0 Å². The van der Waals surface area contributed by atoms with Gasteiger partial charge in [-0.2, -0.15) is 0 Å². The molecule has 4 aromatic rings. The third-order valence-electron chi connectivity index (χ3n) is 3.73. The molecular formula is C20H20BrClN4O2. The molecule has 0 aliphatic heterocycles. The molecule has 0 amide bonds. The van der Waals surface area contributed by atoms with E-state index in [2.05, 4.69) is 10.3 Å². The molecular weight excluding hydrogens is 444 g/mol. The molecule has 0 aliphatic carbocycles. The van der Waals surface area contributed by atoms with Gasteiger partial charge in [-0.15, -0.1) is 17.0 Å². The summed E-state index contributed by atoms with van der Waals surface area (Å²) in [5.41, 5.74) is 14.4. The topological polar surface area (TPSA) is 104 Å². The first-order chi connectivity index (χ1) is 13.2. The molecule has 146 valence electrons. The van der Waals surface area contributed by atoms with Gasteiger partial charge in [-0.3, -0.25) is 0 Å². The van der Waals surface area contributed by atoms with Crippen molar-refractivity contribution in [3.8, 4) is 22.5 Å². The van der Waals surface area contributed by atoms with Crippen LogP contribution >= 0.6 is 28.6 Å². The molecule has 0 spiro atoms. The van der Waals surface area contributed by atoms with E-state index in [1.54, 1.807) is 0 Å². The van der Waals surface area contributed by atoms with E-state index in [1.807, 2.05) is 66.7 Å². The van der Waals surface area contributed by atoms with Gasteiger partial charge in [0, 0.05) is 28.3 Å². The zero-order chi connectivity index (χ0) is 19.1. The van der Waals surface area contributed by atoms with E-state index in [4.69, 9.17) is 32.1 Å². The third kappa shape index (κ3) is 5.77. The second kappa shape index (κ2) is 10.8. The van der Waals surface area contributed by atoms with E-state index in [1.165, 1.54) is 0 Å². The molecule has 0 atom stereocenters. The Kier molecular flexibility index (Phi) is 8.41. The Morgan fingerprint density at radius 1 is 0.714 bits per heavy atom. The second-order valence-electron chi connectivity index (χ2n) is 5.64. The van der Waals surface area contributed by atoms with Crippen LogP contribution in [0.25, 0.3) is 22.5 Å². The highest BCUT2D eigenvalue weighted by atomic mass is 79.9. The maximum Gasteiger partial charge on any atom is 0.150 e. The molecule has 2 heterocycles. The summed E-state index contributed by atoms with van der Waals surface area (Å²) in [6.07, 6.45) is 0. The molecule has 0 aliphatic rings. The van der Waals surface area contributed by atoms with Crippen LogP contribution in [-0.2, 0) is 13.1 Å². The van der Waals surface area contributed by atoms with Crippen molar-refractivity contribution in [1.82, 2.24) is 10.3 Å². The summed E-state index contributed by atoms with van der Waals surface area (Å²) >= 11 is 5.77. The molecule has 6 nitrogen and oxygen atoms in total. The van der Waals surface area contributed by atoms with Gasteiger partial charge in [0.2, 0.25) is 0 Å². The number of benzene rings is 2. The van der Waals surface area contributed by atoms with Crippen molar-refractivity contribution in [2.45, 2.75) is 13.1 Å². The van der Waals surface area contributed by atoms with Crippen molar-refractivity contribution >= 4 is 28.6 Å². The molecule has 28 heavy (non-hydrogen) atoms. The van der Waals surface area contributed by atoms with E-state index in [9.17, 15) is 0 Å². The third-order valence-corrected chi connectivity index (χ3v) is 3.98. The molecule has 0 radical (unpaired) electrons. The lowest BCUT2D eigenvalue weighted by Crippen LogP contribution is -1.92. The van der Waals surface area contributed by atoms with Crippen molar-refractivity contribution in [3.63, 3.8) is 0 Å². The maximum atomic E-state index is 5.77. The second-order valence-corrected chi connectivity index (χ2v) is 6.07. The quantitative estimate of drug-likeness (QED) is 0.449. The minimum Gasteiger partial charge on any atom is -0.359 e. The Balaban J connectivity index is 0.000000194. The highest BCUT2D eigenvalue weighted by molar-refractivity contribution is 8.93. The predicted octanol–water partition coefficient (Wildman–Crippen LogP) is 4.83. The number of hydrogen-bond donors (Lipinski definition) is 2. The smallest absolute Gasteiger partial charge is 0.150 e. The number of hydrogen-bond acceptors (Lipinski definition) is 6. The largest absolute Gasteiger partial charge is 0.359 e. The van der Waals surface area contributed by atoms with Gasteiger partial charge in [0.15, 0.2) is 11.5 Å². The van der Waals surface area contributed by atoms with Gasteiger partial charge in [-0.1, -0.05) is 64.4 Å². The molecule has 2 aromatic carbocycles. The van der Waals surface area contributed by atoms with Crippen molar-refractivity contribution in [3.05, 3.63) is 83.3 Å². The normalized spacial score (nSPS) is 9.96. The summed E-state index contributed by atoms with van der Waals surface area (Å²) in [6, 6.07) is 20.9. The molecule has 2 aromatic heterocycles. The zero-order valence-electron chi connectivity index (χ0n) is 14.9. The van der Waals surface area contributed by atoms with Crippen LogP contribution in [0.15, 0.2) is 75.8 Å². The summed E-state index contributed by atoms with van der Waals surface area (Å²) in [4.78, 5) is 0. The summed E-state index contributed by atoms with van der Waals surface area (Å²) in [5, 5.41) is 8.50. The molecule has 0 unspecified atom stereocenters. The molecule has 0 fully saturated rings. The lowest BCUT2D eigenvalue weighted by molar-refractivity contribution is 0.387. The van der Waals surface area contributed by atoms with Gasteiger partial charge in [0.05, 0.1) is 13.1 Å².